The number of hydrogen-bond acceptors (Lipinski definition) is 1. The maximum absolute atomic E-state index is 12.2. The van der Waals surface area contributed by atoms with E-state index in [4.69, 9.17) is 0 Å². The van der Waals surface area contributed by atoms with Crippen molar-refractivity contribution in [2.75, 3.05) is 13.1 Å². The zero-order valence-corrected chi connectivity index (χ0v) is 7.68. The number of nitrogens with zero attached hydrogens (tertiary/aromatic N) is 1. The fraction of sp³-hybridized carbons (Fsp3) is 0.667. The molecule has 0 aromatic heterocycles. The Hall–Kier alpha value is -1.00. The molecule has 1 saturated heterocycles. The van der Waals surface area contributed by atoms with Gasteiger partial charge in [-0.15, -0.1) is 0 Å². The van der Waals surface area contributed by atoms with Crippen LogP contribution in [0.3, 0.4) is 0 Å². The van der Waals surface area contributed by atoms with Gasteiger partial charge in [0.25, 0.3) is 0 Å². The van der Waals surface area contributed by atoms with Crippen LogP contribution in [0.2, 0.25) is 0 Å². The summed E-state index contributed by atoms with van der Waals surface area (Å²) in [6.07, 6.45) is -2.98. The molecule has 1 rings (SSSR count). The summed E-state index contributed by atoms with van der Waals surface area (Å²) in [5.41, 5.74) is 0. The van der Waals surface area contributed by atoms with Crippen molar-refractivity contribution in [2.45, 2.75) is 19.0 Å². The van der Waals surface area contributed by atoms with E-state index in [9.17, 15) is 18.0 Å². The number of halogens is 3. The lowest BCUT2D eigenvalue weighted by atomic mass is 9.96. The third-order valence-corrected chi connectivity index (χ3v) is 2.44. The summed E-state index contributed by atoms with van der Waals surface area (Å²) in [5, 5.41) is 0. The highest BCUT2D eigenvalue weighted by Gasteiger charge is 2.41. The van der Waals surface area contributed by atoms with E-state index in [1.807, 2.05) is 0 Å². The van der Waals surface area contributed by atoms with E-state index < -0.39 is 12.1 Å². The molecule has 2 nitrogen and oxygen atoms in total. The second kappa shape index (κ2) is 4.02. The van der Waals surface area contributed by atoms with Gasteiger partial charge in [0.15, 0.2) is 0 Å². The molecule has 80 valence electrons. The Kier molecular flexibility index (Phi) is 3.18. The van der Waals surface area contributed by atoms with Crippen LogP contribution < -0.4 is 0 Å². The van der Waals surface area contributed by atoms with Crippen molar-refractivity contribution in [2.24, 2.45) is 5.92 Å². The monoisotopic (exact) mass is 207 g/mol. The van der Waals surface area contributed by atoms with Gasteiger partial charge in [0.05, 0.1) is 5.92 Å². The van der Waals surface area contributed by atoms with Crippen LogP contribution in [0.5, 0.6) is 0 Å². The van der Waals surface area contributed by atoms with Crippen molar-refractivity contribution < 1.29 is 18.0 Å². The van der Waals surface area contributed by atoms with Gasteiger partial charge in [-0.25, -0.2) is 0 Å². The molecular weight excluding hydrogens is 195 g/mol. The highest BCUT2D eigenvalue weighted by Crippen LogP contribution is 2.33. The molecule has 14 heavy (non-hydrogen) atoms. The van der Waals surface area contributed by atoms with Crippen LogP contribution in [0.4, 0.5) is 13.2 Å². The van der Waals surface area contributed by atoms with Crippen LogP contribution in [-0.4, -0.2) is 30.1 Å². The molecular formula is C9H12F3NO. The Morgan fingerprint density at radius 2 is 1.86 bits per heavy atom. The Balaban J connectivity index is 2.46. The molecule has 0 atom stereocenters. The molecule has 0 N–H and O–H groups in total. The number of likely N-dealkylation sites (tertiary alicyclic amines) is 1. The van der Waals surface area contributed by atoms with Crippen molar-refractivity contribution in [3.63, 3.8) is 0 Å². The summed E-state index contributed by atoms with van der Waals surface area (Å²) >= 11 is 0. The third-order valence-electron chi connectivity index (χ3n) is 2.44. The predicted octanol–water partition coefficient (Wildman–Crippen LogP) is 1.97. The molecule has 0 unspecified atom stereocenters. The number of piperidine rings is 1. The van der Waals surface area contributed by atoms with Gasteiger partial charge in [0.1, 0.15) is 0 Å². The number of amides is 1. The average Bonchev–Trinajstić information content (AvgIpc) is 2.15. The molecule has 5 heteroatoms. The summed E-state index contributed by atoms with van der Waals surface area (Å²) in [4.78, 5) is 12.4. The minimum Gasteiger partial charge on any atom is -0.339 e. The van der Waals surface area contributed by atoms with E-state index in [0.29, 0.717) is 0 Å². The van der Waals surface area contributed by atoms with Crippen LogP contribution in [0, 0.1) is 5.92 Å². The molecule has 0 spiro atoms. The van der Waals surface area contributed by atoms with Gasteiger partial charge in [0.2, 0.25) is 5.91 Å². The SMILES string of the molecule is C=CC(=O)N1CCC(C(F)(F)F)CC1. The summed E-state index contributed by atoms with van der Waals surface area (Å²) in [6, 6.07) is 0. The highest BCUT2D eigenvalue weighted by molar-refractivity contribution is 5.87. The van der Waals surface area contributed by atoms with Gasteiger partial charge in [0, 0.05) is 13.1 Å². The molecule has 1 aliphatic rings. The first kappa shape index (κ1) is 11.1. The molecule has 0 aromatic carbocycles. The summed E-state index contributed by atoms with van der Waals surface area (Å²) < 4.78 is 36.7. The lowest BCUT2D eigenvalue weighted by Gasteiger charge is -2.32. The molecule has 0 aliphatic carbocycles. The molecule has 1 heterocycles. The smallest absolute Gasteiger partial charge is 0.339 e. The van der Waals surface area contributed by atoms with E-state index in [1.165, 1.54) is 4.90 Å². The Bertz CT molecular complexity index is 229. The van der Waals surface area contributed by atoms with Crippen LogP contribution >= 0.6 is 0 Å². The van der Waals surface area contributed by atoms with Gasteiger partial charge in [-0.2, -0.15) is 13.2 Å². The lowest BCUT2D eigenvalue weighted by Crippen LogP contribution is -2.41. The number of alkyl halides is 3. The normalized spacial score (nSPS) is 19.5. The Morgan fingerprint density at radius 3 is 2.21 bits per heavy atom. The minimum absolute atomic E-state index is 0.00306. The summed E-state index contributed by atoms with van der Waals surface area (Å²) in [6.45, 7) is 3.64. The molecule has 0 aromatic rings. The van der Waals surface area contributed by atoms with Crippen LogP contribution in [0.1, 0.15) is 12.8 Å². The topological polar surface area (TPSA) is 20.3 Å². The van der Waals surface area contributed by atoms with Crippen molar-refractivity contribution in [1.29, 1.82) is 0 Å². The van der Waals surface area contributed by atoms with Crippen molar-refractivity contribution in [3.8, 4) is 0 Å². The molecule has 1 fully saturated rings. The zero-order valence-electron chi connectivity index (χ0n) is 7.68. The van der Waals surface area contributed by atoms with Gasteiger partial charge < -0.3 is 4.90 Å². The molecule has 0 saturated carbocycles. The molecule has 1 amide bonds. The first-order valence-corrected chi connectivity index (χ1v) is 4.43. The van der Waals surface area contributed by atoms with E-state index in [1.54, 1.807) is 0 Å². The fourth-order valence-corrected chi connectivity index (χ4v) is 1.56. The van der Waals surface area contributed by atoms with Gasteiger partial charge >= 0.3 is 6.18 Å². The molecule has 1 aliphatic heterocycles. The quantitative estimate of drug-likeness (QED) is 0.602. The fourth-order valence-electron chi connectivity index (χ4n) is 1.56. The zero-order chi connectivity index (χ0) is 10.8. The van der Waals surface area contributed by atoms with E-state index in [0.717, 1.165) is 6.08 Å². The summed E-state index contributed by atoms with van der Waals surface area (Å²) in [7, 11) is 0. The second-order valence-electron chi connectivity index (χ2n) is 3.35. The van der Waals surface area contributed by atoms with Crippen molar-refractivity contribution in [1.82, 2.24) is 4.90 Å². The van der Waals surface area contributed by atoms with Crippen LogP contribution in [0.25, 0.3) is 0 Å². The number of carbonyl (C=O) groups excluding carboxylic acids is 1. The van der Waals surface area contributed by atoms with Crippen molar-refractivity contribution >= 4 is 5.91 Å². The van der Waals surface area contributed by atoms with Gasteiger partial charge in [-0.1, -0.05) is 6.58 Å². The van der Waals surface area contributed by atoms with Crippen LogP contribution in [-0.2, 0) is 4.79 Å². The maximum Gasteiger partial charge on any atom is 0.391 e. The van der Waals surface area contributed by atoms with Crippen LogP contribution in [0.15, 0.2) is 12.7 Å². The largest absolute Gasteiger partial charge is 0.391 e. The van der Waals surface area contributed by atoms with E-state index >= 15 is 0 Å². The number of rotatable bonds is 1. The first-order valence-electron chi connectivity index (χ1n) is 4.43. The second-order valence-corrected chi connectivity index (χ2v) is 3.35. The van der Waals surface area contributed by atoms with E-state index in [2.05, 4.69) is 6.58 Å². The standard InChI is InChI=1S/C9H12F3NO/c1-2-8(14)13-5-3-7(4-6-13)9(10,11)12/h2,7H,1,3-6H2. The Morgan fingerprint density at radius 1 is 1.36 bits per heavy atom. The lowest BCUT2D eigenvalue weighted by molar-refractivity contribution is -0.186. The predicted molar refractivity (Wildman–Crippen MR) is 45.6 cm³/mol. The molecule has 0 radical (unpaired) electrons. The van der Waals surface area contributed by atoms with Gasteiger partial charge in [-0.3, -0.25) is 4.79 Å². The van der Waals surface area contributed by atoms with Gasteiger partial charge in [-0.05, 0) is 18.9 Å². The Labute approximate surface area is 80.4 Å². The summed E-state index contributed by atoms with van der Waals surface area (Å²) in [5.74, 6) is -1.54. The number of hydrogen-bond donors (Lipinski definition) is 0. The first-order chi connectivity index (χ1) is 6.45. The average molecular weight is 207 g/mol. The third kappa shape index (κ3) is 2.49. The van der Waals surface area contributed by atoms with Crippen molar-refractivity contribution in [3.05, 3.63) is 12.7 Å². The minimum atomic E-state index is -4.12. The maximum atomic E-state index is 12.2. The number of carbonyl (C=O) groups is 1. The molecule has 0 bridgehead atoms. The van der Waals surface area contributed by atoms with E-state index in [-0.39, 0.29) is 31.8 Å². The highest BCUT2D eigenvalue weighted by atomic mass is 19.4.